The van der Waals surface area contributed by atoms with Crippen molar-refractivity contribution in [1.82, 2.24) is 10.6 Å². The number of nitrogens with two attached hydrogens (primary N) is 2. The van der Waals surface area contributed by atoms with E-state index < -0.39 is 12.2 Å². The van der Waals surface area contributed by atoms with Crippen molar-refractivity contribution >= 4 is 0 Å². The first-order chi connectivity index (χ1) is 17.7. The van der Waals surface area contributed by atoms with Crippen molar-refractivity contribution in [1.29, 1.82) is 0 Å². The number of nitrogens with one attached hydrogen (secondary N) is 2. The van der Waals surface area contributed by atoms with Gasteiger partial charge < -0.3 is 32.3 Å². The van der Waals surface area contributed by atoms with Gasteiger partial charge in [0.1, 0.15) is 0 Å². The number of allylic oxidation sites excluding steroid dienone is 4. The Balaban J connectivity index is 3.22. The number of aliphatic hydroxyl groups excluding tert-OH is 2. The standard InChI is InChI=1S/C30H60N4O2/c31-25-29(35)27-33-23-21-19-17-15-13-11-9-7-5-3-1-2-4-6-8-10-12-14-16-18-20-22-24-34-28-30(36)26-32/h1-2,17-20,29-30,33-36H,3-16,21-28,31-32H2/b2-1+,19-17-,20-18-. The van der Waals surface area contributed by atoms with Gasteiger partial charge in [0.05, 0.1) is 12.2 Å². The van der Waals surface area contributed by atoms with Gasteiger partial charge in [-0.05, 0) is 77.3 Å². The molecule has 0 amide bonds. The van der Waals surface area contributed by atoms with E-state index in [1.807, 2.05) is 0 Å². The van der Waals surface area contributed by atoms with Gasteiger partial charge in [-0.2, -0.15) is 0 Å². The Morgan fingerprint density at radius 2 is 0.722 bits per heavy atom. The summed E-state index contributed by atoms with van der Waals surface area (Å²) in [6.07, 6.45) is 33.2. The quantitative estimate of drug-likeness (QED) is 0.0673. The van der Waals surface area contributed by atoms with Crippen LogP contribution in [0, 0.1) is 0 Å². The molecule has 0 saturated heterocycles. The Labute approximate surface area is 223 Å². The maximum atomic E-state index is 9.35. The summed E-state index contributed by atoms with van der Waals surface area (Å²) in [5, 5.41) is 25.1. The second-order valence-electron chi connectivity index (χ2n) is 9.87. The van der Waals surface area contributed by atoms with Crippen molar-refractivity contribution in [2.75, 3.05) is 39.3 Å². The molecule has 0 radical (unpaired) electrons. The van der Waals surface area contributed by atoms with Gasteiger partial charge in [-0.15, -0.1) is 0 Å². The smallest absolute Gasteiger partial charge is 0.0786 e. The van der Waals surface area contributed by atoms with Crippen LogP contribution in [-0.4, -0.2) is 61.7 Å². The molecule has 0 aliphatic heterocycles. The molecule has 0 rings (SSSR count). The summed E-state index contributed by atoms with van der Waals surface area (Å²) in [5.41, 5.74) is 10.7. The minimum atomic E-state index is -0.423. The summed E-state index contributed by atoms with van der Waals surface area (Å²) in [6, 6.07) is 0. The molecule has 0 aliphatic rings. The molecule has 0 bridgehead atoms. The summed E-state index contributed by atoms with van der Waals surface area (Å²) >= 11 is 0. The van der Waals surface area contributed by atoms with Gasteiger partial charge in [0, 0.05) is 26.2 Å². The zero-order chi connectivity index (χ0) is 26.4. The van der Waals surface area contributed by atoms with Crippen molar-refractivity contribution < 1.29 is 10.2 Å². The molecule has 0 spiro atoms. The molecule has 8 N–H and O–H groups in total. The number of rotatable bonds is 28. The van der Waals surface area contributed by atoms with E-state index in [1.165, 1.54) is 89.9 Å². The third kappa shape index (κ3) is 29.2. The fourth-order valence-corrected chi connectivity index (χ4v) is 3.89. The molecule has 36 heavy (non-hydrogen) atoms. The topological polar surface area (TPSA) is 117 Å². The van der Waals surface area contributed by atoms with Crippen LogP contribution in [0.2, 0.25) is 0 Å². The minimum Gasteiger partial charge on any atom is -0.390 e. The van der Waals surface area contributed by atoms with Crippen molar-refractivity contribution in [3.63, 3.8) is 0 Å². The lowest BCUT2D eigenvalue weighted by Crippen LogP contribution is -2.32. The number of unbranched alkanes of at least 4 members (excludes halogenated alkanes) is 12. The molecule has 0 aliphatic carbocycles. The van der Waals surface area contributed by atoms with Crippen LogP contribution >= 0.6 is 0 Å². The first kappa shape index (κ1) is 35.0. The highest BCUT2D eigenvalue weighted by Crippen LogP contribution is 2.10. The normalized spacial score (nSPS) is 14.0. The zero-order valence-electron chi connectivity index (χ0n) is 23.2. The third-order valence-electron chi connectivity index (χ3n) is 6.26. The summed E-state index contributed by atoms with van der Waals surface area (Å²) in [7, 11) is 0. The van der Waals surface area contributed by atoms with Crippen LogP contribution in [-0.2, 0) is 0 Å². The molecule has 212 valence electrons. The molecule has 2 unspecified atom stereocenters. The molecule has 0 aromatic heterocycles. The highest BCUT2D eigenvalue weighted by molar-refractivity contribution is 4.84. The monoisotopic (exact) mass is 508 g/mol. The lowest BCUT2D eigenvalue weighted by atomic mass is 10.1. The second kappa shape index (κ2) is 30.2. The van der Waals surface area contributed by atoms with E-state index >= 15 is 0 Å². The Kier molecular flexibility index (Phi) is 29.3. The van der Waals surface area contributed by atoms with E-state index in [0.29, 0.717) is 26.2 Å². The molecule has 6 heteroatoms. The molecular weight excluding hydrogens is 448 g/mol. The maximum absolute atomic E-state index is 9.35. The van der Waals surface area contributed by atoms with Gasteiger partial charge in [0.2, 0.25) is 0 Å². The second-order valence-corrected chi connectivity index (χ2v) is 9.87. The van der Waals surface area contributed by atoms with Crippen LogP contribution in [0.5, 0.6) is 0 Å². The largest absolute Gasteiger partial charge is 0.390 e. The van der Waals surface area contributed by atoms with Crippen LogP contribution in [0.15, 0.2) is 36.5 Å². The van der Waals surface area contributed by atoms with Crippen LogP contribution in [0.25, 0.3) is 0 Å². The molecular formula is C30H60N4O2. The Morgan fingerprint density at radius 3 is 1.03 bits per heavy atom. The molecule has 0 aromatic rings. The predicted molar refractivity (Wildman–Crippen MR) is 157 cm³/mol. The predicted octanol–water partition coefficient (Wildman–Crippen LogP) is 4.72. The van der Waals surface area contributed by atoms with E-state index in [0.717, 1.165) is 25.9 Å². The van der Waals surface area contributed by atoms with Crippen LogP contribution < -0.4 is 22.1 Å². The highest BCUT2D eigenvalue weighted by Gasteiger charge is 1.98. The summed E-state index contributed by atoms with van der Waals surface area (Å²) in [6.45, 7) is 3.63. The molecule has 0 saturated carbocycles. The average Bonchev–Trinajstić information content (AvgIpc) is 2.89. The maximum Gasteiger partial charge on any atom is 0.0786 e. The van der Waals surface area contributed by atoms with Gasteiger partial charge in [-0.25, -0.2) is 0 Å². The van der Waals surface area contributed by atoms with Crippen molar-refractivity contribution in [3.8, 4) is 0 Å². The third-order valence-corrected chi connectivity index (χ3v) is 6.26. The van der Waals surface area contributed by atoms with E-state index in [2.05, 4.69) is 47.1 Å². The van der Waals surface area contributed by atoms with Gasteiger partial charge in [0.25, 0.3) is 0 Å². The molecule has 2 atom stereocenters. The van der Waals surface area contributed by atoms with Gasteiger partial charge in [-0.3, -0.25) is 0 Å². The molecule has 0 heterocycles. The Morgan fingerprint density at radius 1 is 0.444 bits per heavy atom. The van der Waals surface area contributed by atoms with Crippen molar-refractivity contribution in [2.45, 2.75) is 115 Å². The van der Waals surface area contributed by atoms with E-state index in [4.69, 9.17) is 11.5 Å². The number of hydrogen-bond donors (Lipinski definition) is 6. The van der Waals surface area contributed by atoms with Crippen LogP contribution in [0.1, 0.15) is 103 Å². The van der Waals surface area contributed by atoms with E-state index in [9.17, 15) is 10.2 Å². The van der Waals surface area contributed by atoms with Crippen molar-refractivity contribution in [3.05, 3.63) is 36.5 Å². The Bertz CT molecular complexity index is 467. The van der Waals surface area contributed by atoms with Crippen LogP contribution in [0.4, 0.5) is 0 Å². The minimum absolute atomic E-state index is 0.323. The molecule has 6 nitrogen and oxygen atoms in total. The number of hydrogen-bond acceptors (Lipinski definition) is 6. The zero-order valence-corrected chi connectivity index (χ0v) is 23.2. The van der Waals surface area contributed by atoms with Gasteiger partial charge in [-0.1, -0.05) is 75.0 Å². The lowest BCUT2D eigenvalue weighted by molar-refractivity contribution is 0.180. The first-order valence-corrected chi connectivity index (χ1v) is 14.8. The fraction of sp³-hybridized carbons (Fsp3) is 0.800. The van der Waals surface area contributed by atoms with Crippen LogP contribution in [0.3, 0.4) is 0 Å². The van der Waals surface area contributed by atoms with Gasteiger partial charge in [0.15, 0.2) is 0 Å². The summed E-state index contributed by atoms with van der Waals surface area (Å²) < 4.78 is 0. The highest BCUT2D eigenvalue weighted by atomic mass is 16.3. The Hall–Kier alpha value is -1.02. The molecule has 0 fully saturated rings. The SMILES string of the molecule is NCC(O)CNCC/C=C\CCCCCCC/C=C/CCCCCCC/C=C\CCNCC(O)CN. The van der Waals surface area contributed by atoms with Crippen molar-refractivity contribution in [2.24, 2.45) is 11.5 Å². The van der Waals surface area contributed by atoms with Gasteiger partial charge >= 0.3 is 0 Å². The summed E-state index contributed by atoms with van der Waals surface area (Å²) in [5.74, 6) is 0. The fourth-order valence-electron chi connectivity index (χ4n) is 3.89. The molecule has 0 aromatic carbocycles. The lowest BCUT2D eigenvalue weighted by Gasteiger charge is -2.07. The summed E-state index contributed by atoms with van der Waals surface area (Å²) in [4.78, 5) is 0. The first-order valence-electron chi connectivity index (χ1n) is 14.8. The average molecular weight is 509 g/mol. The number of aliphatic hydroxyl groups is 2. The van der Waals surface area contributed by atoms with E-state index in [1.54, 1.807) is 0 Å². The van der Waals surface area contributed by atoms with E-state index in [-0.39, 0.29) is 0 Å².